The predicted octanol–water partition coefficient (Wildman–Crippen LogP) is 1.50. The van der Waals surface area contributed by atoms with Crippen molar-refractivity contribution in [3.8, 4) is 0 Å². The van der Waals surface area contributed by atoms with Crippen molar-refractivity contribution in [1.29, 1.82) is 0 Å². The molecule has 1 saturated heterocycles. The molecule has 2 aromatic carbocycles. The molecule has 9 nitrogen and oxygen atoms in total. The molecule has 0 saturated carbocycles. The largest absolute Gasteiger partial charge is 0.394 e. The van der Waals surface area contributed by atoms with Crippen LogP contribution in [0.2, 0.25) is 0 Å². The Morgan fingerprint density at radius 3 is 2.29 bits per heavy atom. The SMILES string of the molecule is O=c1[nH]c(C2CC3c4ccccc4C2c2ccccc23)nc2c1ncn2[C@@H]1O[C@H](CO)[C@@H](O)[C@H]1O. The van der Waals surface area contributed by atoms with Crippen molar-refractivity contribution in [2.45, 2.75) is 48.7 Å². The third kappa shape index (κ3) is 2.86. The fourth-order valence-corrected chi connectivity index (χ4v) is 6.32. The number of aromatic amines is 1. The highest BCUT2D eigenvalue weighted by Crippen LogP contribution is 2.58. The molecule has 3 heterocycles. The average Bonchev–Trinajstić information content (AvgIpc) is 3.44. The van der Waals surface area contributed by atoms with Gasteiger partial charge in [-0.1, -0.05) is 48.5 Å². The molecule has 5 atom stereocenters. The topological polar surface area (TPSA) is 133 Å². The number of nitrogens with one attached hydrogen (secondary N) is 1. The van der Waals surface area contributed by atoms with Crippen LogP contribution in [0.25, 0.3) is 11.2 Å². The molecule has 35 heavy (non-hydrogen) atoms. The highest BCUT2D eigenvalue weighted by Gasteiger charge is 2.46. The Morgan fingerprint density at radius 1 is 1.00 bits per heavy atom. The maximum absolute atomic E-state index is 13.1. The van der Waals surface area contributed by atoms with Crippen LogP contribution < -0.4 is 5.56 Å². The summed E-state index contributed by atoms with van der Waals surface area (Å²) < 4.78 is 7.15. The highest BCUT2D eigenvalue weighted by molar-refractivity contribution is 5.70. The normalized spacial score (nSPS) is 31.0. The molecule has 0 spiro atoms. The smallest absolute Gasteiger partial charge is 0.279 e. The summed E-state index contributed by atoms with van der Waals surface area (Å²) >= 11 is 0. The second kappa shape index (κ2) is 7.56. The third-order valence-corrected chi connectivity index (χ3v) is 7.90. The molecule has 3 aliphatic carbocycles. The van der Waals surface area contributed by atoms with Gasteiger partial charge in [0.15, 0.2) is 17.4 Å². The summed E-state index contributed by atoms with van der Waals surface area (Å²) in [5.74, 6) is 0.785. The molecule has 4 aromatic rings. The number of aromatic nitrogens is 4. The van der Waals surface area contributed by atoms with Gasteiger partial charge in [-0.3, -0.25) is 9.36 Å². The molecule has 4 N–H and O–H groups in total. The first kappa shape index (κ1) is 21.0. The van der Waals surface area contributed by atoms with Crippen LogP contribution in [0.3, 0.4) is 0 Å². The van der Waals surface area contributed by atoms with E-state index in [0.717, 1.165) is 6.42 Å². The lowest BCUT2D eigenvalue weighted by Crippen LogP contribution is -2.33. The van der Waals surface area contributed by atoms with Gasteiger partial charge in [0.2, 0.25) is 0 Å². The van der Waals surface area contributed by atoms with Gasteiger partial charge in [-0.15, -0.1) is 0 Å². The van der Waals surface area contributed by atoms with Crippen molar-refractivity contribution in [3.63, 3.8) is 0 Å². The standard InChI is InChI=1S/C26H24N4O5/c31-10-18-21(32)22(33)26(35-18)30-11-27-20-24(30)28-23(29-25(20)34)17-9-16-12-5-1-3-7-14(12)19(17)15-8-4-2-6-13(15)16/h1-8,11,16-19,21-22,26,31-33H,9-10H2,(H,28,29,34)/t16?,17?,18-,19?,21-,22-,26-/m1/s1. The molecule has 178 valence electrons. The number of benzene rings is 2. The van der Waals surface area contributed by atoms with E-state index in [1.807, 2.05) is 0 Å². The van der Waals surface area contributed by atoms with Crippen LogP contribution in [0.4, 0.5) is 0 Å². The number of H-pyrrole nitrogens is 1. The highest BCUT2D eigenvalue weighted by atomic mass is 16.6. The Hall–Kier alpha value is -3.37. The summed E-state index contributed by atoms with van der Waals surface area (Å²) in [6.45, 7) is -0.440. The quantitative estimate of drug-likeness (QED) is 0.355. The van der Waals surface area contributed by atoms with Crippen LogP contribution in [0.5, 0.6) is 0 Å². The van der Waals surface area contributed by atoms with Crippen molar-refractivity contribution >= 4 is 11.2 Å². The summed E-state index contributed by atoms with van der Waals surface area (Å²) in [7, 11) is 0. The monoisotopic (exact) mass is 472 g/mol. The molecule has 1 fully saturated rings. The lowest BCUT2D eigenvalue weighted by atomic mass is 9.59. The molecule has 1 unspecified atom stereocenters. The zero-order valence-electron chi connectivity index (χ0n) is 18.7. The van der Waals surface area contributed by atoms with Gasteiger partial charge in [0.25, 0.3) is 5.56 Å². The maximum atomic E-state index is 13.1. The van der Waals surface area contributed by atoms with Gasteiger partial charge < -0.3 is 25.0 Å². The van der Waals surface area contributed by atoms with E-state index in [4.69, 9.17) is 9.72 Å². The van der Waals surface area contributed by atoms with Crippen LogP contribution in [-0.2, 0) is 4.74 Å². The van der Waals surface area contributed by atoms with Gasteiger partial charge in [0.1, 0.15) is 24.1 Å². The Labute approximate surface area is 199 Å². The van der Waals surface area contributed by atoms with Crippen molar-refractivity contribution in [3.05, 3.63) is 93.3 Å². The molecular weight excluding hydrogens is 448 g/mol. The molecule has 1 aliphatic heterocycles. The maximum Gasteiger partial charge on any atom is 0.279 e. The second-order valence-corrected chi connectivity index (χ2v) is 9.63. The number of aliphatic hydroxyl groups excluding tert-OH is 3. The van der Waals surface area contributed by atoms with E-state index in [2.05, 4.69) is 58.5 Å². The first-order chi connectivity index (χ1) is 17.1. The molecule has 2 aromatic heterocycles. The van der Waals surface area contributed by atoms with Gasteiger partial charge in [-0.05, 0) is 28.7 Å². The first-order valence-electron chi connectivity index (χ1n) is 11.8. The minimum absolute atomic E-state index is 0.0459. The van der Waals surface area contributed by atoms with Crippen molar-refractivity contribution < 1.29 is 20.1 Å². The van der Waals surface area contributed by atoms with Crippen LogP contribution in [0.15, 0.2) is 59.7 Å². The molecule has 9 heteroatoms. The summed E-state index contributed by atoms with van der Waals surface area (Å²) in [5.41, 5.74) is 5.22. The first-order valence-corrected chi connectivity index (χ1v) is 11.8. The minimum Gasteiger partial charge on any atom is -0.394 e. The summed E-state index contributed by atoms with van der Waals surface area (Å²) in [4.78, 5) is 25.1. The van der Waals surface area contributed by atoms with Crippen molar-refractivity contribution in [1.82, 2.24) is 19.5 Å². The Bertz CT molecular complexity index is 1470. The van der Waals surface area contributed by atoms with Crippen molar-refractivity contribution in [2.24, 2.45) is 0 Å². The van der Waals surface area contributed by atoms with Crippen LogP contribution in [0, 0.1) is 0 Å². The van der Waals surface area contributed by atoms with E-state index >= 15 is 0 Å². The summed E-state index contributed by atoms with van der Waals surface area (Å²) in [6.07, 6.45) is -2.30. The van der Waals surface area contributed by atoms with E-state index in [1.165, 1.54) is 33.1 Å². The van der Waals surface area contributed by atoms with Crippen LogP contribution in [0.1, 0.15) is 58.5 Å². The number of rotatable bonds is 3. The number of imidazole rings is 1. The predicted molar refractivity (Wildman–Crippen MR) is 125 cm³/mol. The number of ether oxygens (including phenoxy) is 1. The molecule has 2 bridgehead atoms. The molecule has 8 rings (SSSR count). The summed E-state index contributed by atoms with van der Waals surface area (Å²) in [6, 6.07) is 16.9. The number of hydrogen-bond donors (Lipinski definition) is 4. The van der Waals surface area contributed by atoms with Gasteiger partial charge in [0, 0.05) is 17.8 Å². The molecular formula is C26H24N4O5. The fraction of sp³-hybridized carbons (Fsp3) is 0.346. The third-order valence-electron chi connectivity index (χ3n) is 7.90. The minimum atomic E-state index is -1.29. The Morgan fingerprint density at radius 2 is 1.66 bits per heavy atom. The zero-order chi connectivity index (χ0) is 23.8. The van der Waals surface area contributed by atoms with E-state index in [0.29, 0.717) is 5.82 Å². The van der Waals surface area contributed by atoms with E-state index < -0.39 is 31.1 Å². The molecule has 0 radical (unpaired) electrons. The number of hydrogen-bond acceptors (Lipinski definition) is 7. The Balaban J connectivity index is 1.37. The Kier molecular flexibility index (Phi) is 4.53. The van der Waals surface area contributed by atoms with Crippen molar-refractivity contribution in [2.75, 3.05) is 6.61 Å². The fourth-order valence-electron chi connectivity index (χ4n) is 6.32. The van der Waals surface area contributed by atoms with E-state index in [9.17, 15) is 20.1 Å². The van der Waals surface area contributed by atoms with Gasteiger partial charge in [-0.2, -0.15) is 0 Å². The average molecular weight is 473 g/mol. The zero-order valence-corrected chi connectivity index (χ0v) is 18.7. The van der Waals surface area contributed by atoms with Crippen LogP contribution >= 0.6 is 0 Å². The van der Waals surface area contributed by atoms with Gasteiger partial charge in [-0.25, -0.2) is 9.97 Å². The summed E-state index contributed by atoms with van der Waals surface area (Å²) in [5, 5.41) is 30.2. The van der Waals surface area contributed by atoms with Gasteiger partial charge in [0.05, 0.1) is 12.9 Å². The van der Waals surface area contributed by atoms with Crippen LogP contribution in [-0.4, -0.2) is 59.8 Å². The lowest BCUT2D eigenvalue weighted by molar-refractivity contribution is -0.0511. The van der Waals surface area contributed by atoms with E-state index in [-0.39, 0.29) is 34.5 Å². The number of aliphatic hydroxyl groups is 3. The molecule has 4 aliphatic rings. The number of fused-ring (bicyclic) bond motifs is 2. The van der Waals surface area contributed by atoms with Gasteiger partial charge >= 0.3 is 0 Å². The number of nitrogens with zero attached hydrogens (tertiary/aromatic N) is 3. The second-order valence-electron chi connectivity index (χ2n) is 9.63. The van der Waals surface area contributed by atoms with E-state index in [1.54, 1.807) is 0 Å². The lowest BCUT2D eigenvalue weighted by Gasteiger charge is -2.45. The molecule has 0 amide bonds.